The van der Waals surface area contributed by atoms with Gasteiger partial charge in [-0.05, 0) is 56.6 Å². The second-order valence-corrected chi connectivity index (χ2v) is 9.81. The first-order chi connectivity index (χ1) is 14.8. The van der Waals surface area contributed by atoms with Gasteiger partial charge in [-0.3, -0.25) is 4.79 Å². The minimum Gasteiger partial charge on any atom is -0.349 e. The maximum absolute atomic E-state index is 13.2. The van der Waals surface area contributed by atoms with Crippen LogP contribution in [-0.2, 0) is 10.0 Å². The summed E-state index contributed by atoms with van der Waals surface area (Å²) in [5, 5.41) is 4.23. The molecule has 160 valence electrons. The minimum absolute atomic E-state index is 0.0691. The molecule has 4 rings (SSSR count). The van der Waals surface area contributed by atoms with Crippen molar-refractivity contribution in [3.8, 4) is 0 Å². The van der Waals surface area contributed by atoms with E-state index in [2.05, 4.69) is 14.8 Å². The Bertz CT molecular complexity index is 1220. The lowest BCUT2D eigenvalue weighted by Crippen LogP contribution is -2.43. The maximum atomic E-state index is 13.2. The van der Waals surface area contributed by atoms with Crippen LogP contribution in [0.4, 0.5) is 5.69 Å². The zero-order valence-electron chi connectivity index (χ0n) is 17.8. The highest BCUT2D eigenvalue weighted by Crippen LogP contribution is 2.30. The monoisotopic (exact) mass is 435 g/mol. The second-order valence-electron chi connectivity index (χ2n) is 8.12. The minimum atomic E-state index is -3.69. The third-order valence-corrected chi connectivity index (χ3v) is 7.43. The van der Waals surface area contributed by atoms with Crippen LogP contribution in [0.25, 0.3) is 10.8 Å². The van der Waals surface area contributed by atoms with Crippen molar-refractivity contribution in [3.05, 3.63) is 71.8 Å². The Morgan fingerprint density at radius 3 is 2.32 bits per heavy atom. The fraction of sp³-hybridized carbons (Fsp3) is 0.261. The van der Waals surface area contributed by atoms with Crippen molar-refractivity contribution in [2.45, 2.75) is 30.7 Å². The number of amides is 1. The number of benzene rings is 3. The van der Waals surface area contributed by atoms with Crippen LogP contribution < -0.4 is 10.0 Å². The van der Waals surface area contributed by atoms with Crippen LogP contribution in [0.1, 0.15) is 28.8 Å². The molecule has 0 spiro atoms. The molecule has 0 aliphatic carbocycles. The van der Waals surface area contributed by atoms with Gasteiger partial charge in [0.15, 0.2) is 7.98 Å². The number of carbonyl (C=O) groups excluding carboxylic acids is 1. The summed E-state index contributed by atoms with van der Waals surface area (Å²) in [6.45, 7) is 3.63. The van der Waals surface area contributed by atoms with Crippen LogP contribution in [-0.4, -0.2) is 46.2 Å². The van der Waals surface area contributed by atoms with Crippen molar-refractivity contribution in [2.75, 3.05) is 18.4 Å². The molecule has 1 fully saturated rings. The second kappa shape index (κ2) is 8.82. The molecule has 0 radical (unpaired) electrons. The Labute approximate surface area is 184 Å². The molecule has 2 N–H and O–H groups in total. The number of hydrogen-bond acceptors (Lipinski definition) is 4. The fourth-order valence-electron chi connectivity index (χ4n) is 4.04. The van der Waals surface area contributed by atoms with Gasteiger partial charge in [-0.15, -0.1) is 0 Å². The van der Waals surface area contributed by atoms with Gasteiger partial charge in [-0.2, -0.15) is 0 Å². The summed E-state index contributed by atoms with van der Waals surface area (Å²) >= 11 is 0. The predicted molar refractivity (Wildman–Crippen MR) is 127 cm³/mol. The molecule has 31 heavy (non-hydrogen) atoms. The summed E-state index contributed by atoms with van der Waals surface area (Å²) in [6.07, 6.45) is 1.58. The summed E-state index contributed by atoms with van der Waals surface area (Å²) in [7, 11) is -1.65. The first-order valence-corrected chi connectivity index (χ1v) is 11.9. The normalized spacial score (nSPS) is 15.8. The number of nitrogens with one attached hydrogen (secondary N) is 2. The van der Waals surface area contributed by atoms with Crippen LogP contribution in [0.2, 0.25) is 0 Å². The highest BCUT2D eigenvalue weighted by molar-refractivity contribution is 7.89. The number of aryl methyl sites for hydroxylation is 1. The van der Waals surface area contributed by atoms with Gasteiger partial charge in [0, 0.05) is 28.1 Å². The van der Waals surface area contributed by atoms with E-state index >= 15 is 0 Å². The Balaban J connectivity index is 1.65. The number of piperidine rings is 1. The molecule has 1 saturated heterocycles. The fourth-order valence-corrected chi connectivity index (χ4v) is 5.56. The lowest BCUT2D eigenvalue weighted by atomic mass is 10.0. The zero-order chi connectivity index (χ0) is 22.0. The zero-order valence-corrected chi connectivity index (χ0v) is 18.6. The molecule has 3 aromatic rings. The highest BCUT2D eigenvalue weighted by Gasteiger charge is 2.25. The molecular formula is C23H26BN3O3S. The highest BCUT2D eigenvalue weighted by atomic mass is 32.2. The lowest BCUT2D eigenvalue weighted by molar-refractivity contribution is 0.102. The van der Waals surface area contributed by atoms with E-state index in [1.807, 2.05) is 51.3 Å². The molecule has 0 bridgehead atoms. The van der Waals surface area contributed by atoms with Crippen molar-refractivity contribution in [1.29, 1.82) is 0 Å². The number of rotatable bonds is 5. The van der Waals surface area contributed by atoms with E-state index in [0.29, 0.717) is 22.0 Å². The maximum Gasteiger partial charge on any atom is 0.255 e. The smallest absolute Gasteiger partial charge is 0.255 e. The molecule has 8 heteroatoms. The molecule has 1 aliphatic heterocycles. The SMILES string of the molecule is BN1CCC(NS(=O)(=O)c2ccc(NC(=O)c3ccccc3C)c3ccccc23)CC1. The van der Waals surface area contributed by atoms with Gasteiger partial charge in [-0.1, -0.05) is 42.5 Å². The molecule has 1 heterocycles. The Hall–Kier alpha value is -2.68. The number of carbonyl (C=O) groups is 1. The quantitative estimate of drug-likeness (QED) is 0.605. The number of nitrogens with zero attached hydrogens (tertiary/aromatic N) is 1. The molecule has 1 amide bonds. The van der Waals surface area contributed by atoms with Crippen LogP contribution in [0.3, 0.4) is 0 Å². The largest absolute Gasteiger partial charge is 0.349 e. The predicted octanol–water partition coefficient (Wildman–Crippen LogP) is 2.69. The molecule has 3 aromatic carbocycles. The summed E-state index contributed by atoms with van der Waals surface area (Å²) in [5.74, 6) is -0.219. The van der Waals surface area contributed by atoms with E-state index in [1.165, 1.54) is 0 Å². The molecule has 6 nitrogen and oxygen atoms in total. The van der Waals surface area contributed by atoms with Gasteiger partial charge in [-0.25, -0.2) is 13.1 Å². The number of hydrogen-bond donors (Lipinski definition) is 2. The van der Waals surface area contributed by atoms with Crippen LogP contribution in [0.15, 0.2) is 65.6 Å². The van der Waals surface area contributed by atoms with Crippen molar-refractivity contribution >= 4 is 40.4 Å². The Kier molecular flexibility index (Phi) is 6.13. The number of anilines is 1. The molecule has 0 aromatic heterocycles. The molecular weight excluding hydrogens is 409 g/mol. The summed E-state index contributed by atoms with van der Waals surface area (Å²) in [5.41, 5.74) is 2.06. The van der Waals surface area contributed by atoms with Crippen molar-refractivity contribution in [2.24, 2.45) is 0 Å². The van der Waals surface area contributed by atoms with Crippen molar-refractivity contribution in [3.63, 3.8) is 0 Å². The van der Waals surface area contributed by atoms with Gasteiger partial charge >= 0.3 is 0 Å². The third kappa shape index (κ3) is 4.66. The van der Waals surface area contributed by atoms with Gasteiger partial charge < -0.3 is 10.1 Å². The first kappa shape index (κ1) is 21.6. The number of fused-ring (bicyclic) bond motifs is 1. The van der Waals surface area contributed by atoms with E-state index in [1.54, 1.807) is 24.3 Å². The summed E-state index contributed by atoms with van der Waals surface area (Å²) < 4.78 is 29.2. The Morgan fingerprint density at radius 1 is 0.968 bits per heavy atom. The summed E-state index contributed by atoms with van der Waals surface area (Å²) in [4.78, 5) is 15.2. The van der Waals surface area contributed by atoms with Gasteiger partial charge in [0.1, 0.15) is 0 Å². The third-order valence-electron chi connectivity index (χ3n) is 5.85. The van der Waals surface area contributed by atoms with Gasteiger partial charge in [0.2, 0.25) is 10.0 Å². The molecule has 0 unspecified atom stereocenters. The van der Waals surface area contributed by atoms with Gasteiger partial charge in [0.05, 0.1) is 4.90 Å². The van der Waals surface area contributed by atoms with E-state index in [-0.39, 0.29) is 16.8 Å². The standard InChI is InChI=1S/C23H26BN3O3S/c1-16-6-2-3-7-18(16)23(28)25-21-10-11-22(20-9-5-4-8-19(20)21)31(29,30)26-17-12-14-27(24)15-13-17/h2-11,17,26H,12-15,24H2,1H3,(H,25,28). The lowest BCUT2D eigenvalue weighted by Gasteiger charge is -2.29. The molecule has 0 saturated carbocycles. The van der Waals surface area contributed by atoms with Crippen LogP contribution in [0.5, 0.6) is 0 Å². The van der Waals surface area contributed by atoms with Crippen molar-refractivity contribution in [1.82, 2.24) is 9.53 Å². The van der Waals surface area contributed by atoms with E-state index in [4.69, 9.17) is 0 Å². The molecule has 1 aliphatic rings. The topological polar surface area (TPSA) is 78.5 Å². The van der Waals surface area contributed by atoms with Crippen LogP contribution >= 0.6 is 0 Å². The number of sulfonamides is 1. The van der Waals surface area contributed by atoms with Gasteiger partial charge in [0.25, 0.3) is 5.91 Å². The average molecular weight is 435 g/mol. The van der Waals surface area contributed by atoms with E-state index in [0.717, 1.165) is 31.5 Å². The first-order valence-electron chi connectivity index (χ1n) is 10.4. The average Bonchev–Trinajstić information content (AvgIpc) is 2.75. The van der Waals surface area contributed by atoms with E-state index < -0.39 is 10.0 Å². The van der Waals surface area contributed by atoms with Crippen LogP contribution in [0, 0.1) is 6.92 Å². The molecule has 0 atom stereocenters. The summed E-state index contributed by atoms with van der Waals surface area (Å²) in [6, 6.07) is 17.8. The van der Waals surface area contributed by atoms with E-state index in [9.17, 15) is 13.2 Å². The Morgan fingerprint density at radius 2 is 1.61 bits per heavy atom. The van der Waals surface area contributed by atoms with Crippen molar-refractivity contribution < 1.29 is 13.2 Å².